The first-order chi connectivity index (χ1) is 4.88. The summed E-state index contributed by atoms with van der Waals surface area (Å²) in [6.45, 7) is 2.04. The number of aryl methyl sites for hydroxylation is 1. The zero-order valence-corrected chi connectivity index (χ0v) is 6.09. The van der Waals surface area contributed by atoms with E-state index in [9.17, 15) is 0 Å². The summed E-state index contributed by atoms with van der Waals surface area (Å²) < 4.78 is 0. The van der Waals surface area contributed by atoms with E-state index in [1.54, 1.807) is 0 Å². The molecule has 1 aromatic heterocycles. The van der Waals surface area contributed by atoms with Gasteiger partial charge in [-0.1, -0.05) is 11.6 Å². The SMILES string of the molecule is Cc1[nH]nnc1C1CCC1. The van der Waals surface area contributed by atoms with Crippen LogP contribution >= 0.6 is 0 Å². The maximum Gasteiger partial charge on any atom is 0.0884 e. The Bertz CT molecular complexity index is 225. The van der Waals surface area contributed by atoms with Crippen LogP contribution in [-0.4, -0.2) is 15.4 Å². The van der Waals surface area contributed by atoms with Crippen molar-refractivity contribution < 1.29 is 0 Å². The van der Waals surface area contributed by atoms with Crippen LogP contribution in [0.5, 0.6) is 0 Å². The summed E-state index contributed by atoms with van der Waals surface area (Å²) in [4.78, 5) is 0. The highest BCUT2D eigenvalue weighted by Crippen LogP contribution is 2.35. The molecular formula is C7H11N3. The van der Waals surface area contributed by atoms with Gasteiger partial charge in [0.1, 0.15) is 0 Å². The maximum atomic E-state index is 4.03. The molecule has 10 heavy (non-hydrogen) atoms. The van der Waals surface area contributed by atoms with E-state index in [4.69, 9.17) is 0 Å². The molecule has 3 nitrogen and oxygen atoms in total. The summed E-state index contributed by atoms with van der Waals surface area (Å²) in [5, 5.41) is 10.6. The molecule has 0 aromatic carbocycles. The third-order valence-corrected chi connectivity index (χ3v) is 2.25. The van der Waals surface area contributed by atoms with E-state index >= 15 is 0 Å². The van der Waals surface area contributed by atoms with Gasteiger partial charge in [-0.25, -0.2) is 0 Å². The number of hydrogen-bond donors (Lipinski definition) is 1. The molecular weight excluding hydrogens is 126 g/mol. The third-order valence-electron chi connectivity index (χ3n) is 2.25. The maximum absolute atomic E-state index is 4.03. The average Bonchev–Trinajstić information content (AvgIpc) is 2.12. The molecule has 1 saturated carbocycles. The molecule has 0 saturated heterocycles. The highest BCUT2D eigenvalue weighted by Gasteiger charge is 2.23. The summed E-state index contributed by atoms with van der Waals surface area (Å²) in [5.41, 5.74) is 2.33. The van der Waals surface area contributed by atoms with E-state index in [0.29, 0.717) is 5.92 Å². The first-order valence-electron chi connectivity index (χ1n) is 3.75. The summed E-state index contributed by atoms with van der Waals surface area (Å²) in [7, 11) is 0. The second-order valence-corrected chi connectivity index (χ2v) is 2.95. The Morgan fingerprint density at radius 3 is 2.70 bits per heavy atom. The largest absolute Gasteiger partial charge is 0.262 e. The second kappa shape index (κ2) is 2.08. The van der Waals surface area contributed by atoms with E-state index in [-0.39, 0.29) is 0 Å². The monoisotopic (exact) mass is 137 g/mol. The molecule has 0 aliphatic heterocycles. The molecule has 0 unspecified atom stereocenters. The average molecular weight is 137 g/mol. The molecule has 0 atom stereocenters. The van der Waals surface area contributed by atoms with Gasteiger partial charge < -0.3 is 0 Å². The number of aromatic amines is 1. The van der Waals surface area contributed by atoms with Gasteiger partial charge in [0, 0.05) is 5.92 Å². The molecule has 54 valence electrons. The van der Waals surface area contributed by atoms with Crippen LogP contribution in [0, 0.1) is 6.92 Å². The molecule has 1 aromatic rings. The zero-order valence-electron chi connectivity index (χ0n) is 6.09. The van der Waals surface area contributed by atoms with Gasteiger partial charge >= 0.3 is 0 Å². The van der Waals surface area contributed by atoms with E-state index < -0.39 is 0 Å². The van der Waals surface area contributed by atoms with Gasteiger partial charge in [-0.3, -0.25) is 5.10 Å². The van der Waals surface area contributed by atoms with Crippen LogP contribution in [0.4, 0.5) is 0 Å². The van der Waals surface area contributed by atoms with Gasteiger partial charge in [0.05, 0.1) is 11.4 Å². The van der Waals surface area contributed by atoms with Crippen molar-refractivity contribution in [2.45, 2.75) is 32.1 Å². The fourth-order valence-electron chi connectivity index (χ4n) is 1.36. The van der Waals surface area contributed by atoms with Crippen molar-refractivity contribution in [2.75, 3.05) is 0 Å². The lowest BCUT2D eigenvalue weighted by atomic mass is 9.82. The van der Waals surface area contributed by atoms with E-state index in [2.05, 4.69) is 15.4 Å². The van der Waals surface area contributed by atoms with E-state index in [1.165, 1.54) is 25.0 Å². The molecule has 2 rings (SSSR count). The molecule has 1 N–H and O–H groups in total. The minimum absolute atomic E-state index is 0.707. The lowest BCUT2D eigenvalue weighted by molar-refractivity contribution is 0.409. The summed E-state index contributed by atoms with van der Waals surface area (Å²) in [5.74, 6) is 0.707. The second-order valence-electron chi connectivity index (χ2n) is 2.95. The Morgan fingerprint density at radius 1 is 1.50 bits per heavy atom. The van der Waals surface area contributed by atoms with Crippen LogP contribution in [0.3, 0.4) is 0 Å². The predicted octanol–water partition coefficient (Wildman–Crippen LogP) is 1.38. The van der Waals surface area contributed by atoms with Gasteiger partial charge in [0.2, 0.25) is 0 Å². The fraction of sp³-hybridized carbons (Fsp3) is 0.714. The molecule has 0 radical (unpaired) electrons. The zero-order chi connectivity index (χ0) is 6.97. The van der Waals surface area contributed by atoms with Crippen LogP contribution in [0.15, 0.2) is 0 Å². The van der Waals surface area contributed by atoms with Crippen LogP contribution in [0.1, 0.15) is 36.6 Å². The van der Waals surface area contributed by atoms with Crippen LogP contribution in [0.25, 0.3) is 0 Å². The van der Waals surface area contributed by atoms with Gasteiger partial charge in [-0.05, 0) is 19.8 Å². The summed E-state index contributed by atoms with van der Waals surface area (Å²) in [6.07, 6.45) is 3.96. The third kappa shape index (κ3) is 0.735. The number of hydrogen-bond acceptors (Lipinski definition) is 2. The number of rotatable bonds is 1. The van der Waals surface area contributed by atoms with Crippen LogP contribution in [0.2, 0.25) is 0 Å². The van der Waals surface area contributed by atoms with Crippen molar-refractivity contribution in [1.29, 1.82) is 0 Å². The van der Waals surface area contributed by atoms with Crippen LogP contribution in [-0.2, 0) is 0 Å². The van der Waals surface area contributed by atoms with Crippen molar-refractivity contribution in [2.24, 2.45) is 0 Å². The normalized spacial score (nSPS) is 18.9. The Hall–Kier alpha value is -0.860. The standard InChI is InChI=1S/C7H11N3/c1-5-7(9-10-8-5)6-3-2-4-6/h6H,2-4H2,1H3,(H,8,9,10). The highest BCUT2D eigenvalue weighted by molar-refractivity contribution is 5.14. The van der Waals surface area contributed by atoms with Gasteiger partial charge in [0.25, 0.3) is 0 Å². The lowest BCUT2D eigenvalue weighted by Gasteiger charge is -2.23. The Balaban J connectivity index is 2.23. The van der Waals surface area contributed by atoms with Crippen molar-refractivity contribution in [3.8, 4) is 0 Å². The van der Waals surface area contributed by atoms with Crippen molar-refractivity contribution in [1.82, 2.24) is 15.4 Å². The lowest BCUT2D eigenvalue weighted by Crippen LogP contribution is -2.10. The topological polar surface area (TPSA) is 41.6 Å². The predicted molar refractivity (Wildman–Crippen MR) is 37.7 cm³/mol. The summed E-state index contributed by atoms with van der Waals surface area (Å²) in [6, 6.07) is 0. The van der Waals surface area contributed by atoms with Gasteiger partial charge in [-0.15, -0.1) is 5.10 Å². The number of aromatic nitrogens is 3. The van der Waals surface area contributed by atoms with Gasteiger partial charge in [-0.2, -0.15) is 0 Å². The quantitative estimate of drug-likeness (QED) is 0.635. The van der Waals surface area contributed by atoms with Gasteiger partial charge in [0.15, 0.2) is 0 Å². The Labute approximate surface area is 59.8 Å². The Morgan fingerprint density at radius 2 is 2.30 bits per heavy atom. The Kier molecular flexibility index (Phi) is 1.22. The van der Waals surface area contributed by atoms with Crippen molar-refractivity contribution >= 4 is 0 Å². The smallest absolute Gasteiger partial charge is 0.0884 e. The van der Waals surface area contributed by atoms with Crippen molar-refractivity contribution in [3.63, 3.8) is 0 Å². The molecule has 3 heteroatoms. The molecule has 1 aliphatic rings. The first-order valence-corrected chi connectivity index (χ1v) is 3.75. The molecule has 0 spiro atoms. The molecule has 0 bridgehead atoms. The van der Waals surface area contributed by atoms with E-state index in [0.717, 1.165) is 5.69 Å². The first kappa shape index (κ1) is 5.89. The minimum Gasteiger partial charge on any atom is -0.262 e. The number of H-pyrrole nitrogens is 1. The highest BCUT2D eigenvalue weighted by atomic mass is 15.3. The number of nitrogens with one attached hydrogen (secondary N) is 1. The molecule has 0 amide bonds. The van der Waals surface area contributed by atoms with Crippen molar-refractivity contribution in [3.05, 3.63) is 11.4 Å². The molecule has 1 fully saturated rings. The molecule has 1 heterocycles. The van der Waals surface area contributed by atoms with Crippen LogP contribution < -0.4 is 0 Å². The minimum atomic E-state index is 0.707. The molecule has 1 aliphatic carbocycles. The summed E-state index contributed by atoms with van der Waals surface area (Å²) >= 11 is 0. The fourth-order valence-corrected chi connectivity index (χ4v) is 1.36. The number of nitrogens with zero attached hydrogens (tertiary/aromatic N) is 2. The van der Waals surface area contributed by atoms with E-state index in [1.807, 2.05) is 6.92 Å².